The van der Waals surface area contributed by atoms with Crippen LogP contribution in [-0.2, 0) is 20.9 Å². The van der Waals surface area contributed by atoms with Gasteiger partial charge in [-0.05, 0) is 56.5 Å². The summed E-state index contributed by atoms with van der Waals surface area (Å²) in [6.07, 6.45) is 8.00. The molecule has 2 fully saturated rings. The number of carbonyl (C=O) groups excluding carboxylic acids is 4. The number of nitrogens with zero attached hydrogens (tertiary/aromatic N) is 4. The molecule has 4 amide bonds. The third kappa shape index (κ3) is 8.46. The Bertz CT molecular complexity index is 1260. The summed E-state index contributed by atoms with van der Waals surface area (Å²) in [6, 6.07) is 7.74. The van der Waals surface area contributed by atoms with E-state index in [1.165, 1.54) is 0 Å². The lowest BCUT2D eigenvalue weighted by Crippen LogP contribution is -2.55. The van der Waals surface area contributed by atoms with Gasteiger partial charge in [0.1, 0.15) is 17.8 Å². The number of carbonyl (C=O) groups is 4. The quantitative estimate of drug-likeness (QED) is 0.336. The lowest BCUT2D eigenvalue weighted by Gasteiger charge is -2.36. The number of hydrogen-bond donors (Lipinski definition) is 3. The SMILES string of the molecule is CCC(=O)N[C@@H](C(=O)N1CCN(C)CC1)[C@@H](C)c1ccc(NC(=O)[C@@H](NC(=O)c2ccnn2CC)C2CCCCCC2)cc1. The molecule has 3 N–H and O–H groups in total. The van der Waals surface area contributed by atoms with Crippen LogP contribution in [0.2, 0.25) is 0 Å². The first kappa shape index (κ1) is 33.2. The lowest BCUT2D eigenvalue weighted by molar-refractivity contribution is -0.138. The van der Waals surface area contributed by atoms with Gasteiger partial charge in [0.15, 0.2) is 0 Å². The second-order valence-corrected chi connectivity index (χ2v) is 12.2. The minimum absolute atomic E-state index is 0.0438. The number of anilines is 1. The smallest absolute Gasteiger partial charge is 0.270 e. The van der Waals surface area contributed by atoms with Crippen molar-refractivity contribution in [2.45, 2.75) is 90.3 Å². The molecule has 11 heteroatoms. The Morgan fingerprint density at radius 1 is 0.909 bits per heavy atom. The Hall–Kier alpha value is -3.73. The monoisotopic (exact) mass is 607 g/mol. The molecule has 0 spiro atoms. The van der Waals surface area contributed by atoms with Crippen LogP contribution in [-0.4, -0.2) is 88.5 Å². The summed E-state index contributed by atoms with van der Waals surface area (Å²) in [4.78, 5) is 56.9. The Balaban J connectivity index is 1.48. The average molecular weight is 608 g/mol. The summed E-state index contributed by atoms with van der Waals surface area (Å²) < 4.78 is 1.63. The van der Waals surface area contributed by atoms with Gasteiger partial charge in [0.2, 0.25) is 17.7 Å². The molecule has 1 aromatic heterocycles. The van der Waals surface area contributed by atoms with Crippen molar-refractivity contribution in [3.8, 4) is 0 Å². The van der Waals surface area contributed by atoms with Crippen LogP contribution in [0.1, 0.15) is 87.7 Å². The van der Waals surface area contributed by atoms with Gasteiger partial charge in [-0.2, -0.15) is 5.10 Å². The number of rotatable bonds is 11. The zero-order valence-electron chi connectivity index (χ0n) is 26.7. The number of aryl methyl sites for hydroxylation is 1. The summed E-state index contributed by atoms with van der Waals surface area (Å²) in [5.41, 5.74) is 1.93. The van der Waals surface area contributed by atoms with Crippen molar-refractivity contribution in [1.82, 2.24) is 30.2 Å². The van der Waals surface area contributed by atoms with Crippen LogP contribution >= 0.6 is 0 Å². The number of nitrogens with one attached hydrogen (secondary N) is 3. The van der Waals surface area contributed by atoms with Gasteiger partial charge < -0.3 is 25.8 Å². The number of likely N-dealkylation sites (N-methyl/N-ethyl adjacent to an activating group) is 1. The van der Waals surface area contributed by atoms with Gasteiger partial charge in [0.25, 0.3) is 5.91 Å². The van der Waals surface area contributed by atoms with Crippen molar-refractivity contribution in [2.24, 2.45) is 5.92 Å². The van der Waals surface area contributed by atoms with Crippen molar-refractivity contribution < 1.29 is 19.2 Å². The van der Waals surface area contributed by atoms with Crippen LogP contribution in [0.3, 0.4) is 0 Å². The van der Waals surface area contributed by atoms with Crippen LogP contribution in [0.15, 0.2) is 36.5 Å². The average Bonchev–Trinajstić information content (AvgIpc) is 3.36. The highest BCUT2D eigenvalue weighted by Crippen LogP contribution is 2.28. The summed E-state index contributed by atoms with van der Waals surface area (Å²) >= 11 is 0. The molecular formula is C33H49N7O4. The van der Waals surface area contributed by atoms with E-state index in [0.29, 0.717) is 37.4 Å². The normalized spacial score (nSPS) is 18.5. The van der Waals surface area contributed by atoms with Crippen LogP contribution in [0, 0.1) is 5.92 Å². The van der Waals surface area contributed by atoms with Crippen molar-refractivity contribution >= 4 is 29.3 Å². The molecule has 1 aromatic carbocycles. The van der Waals surface area contributed by atoms with Gasteiger partial charge in [-0.25, -0.2) is 0 Å². The molecule has 0 radical (unpaired) electrons. The van der Waals surface area contributed by atoms with E-state index in [0.717, 1.165) is 57.2 Å². The topological polar surface area (TPSA) is 129 Å². The van der Waals surface area contributed by atoms with Gasteiger partial charge >= 0.3 is 0 Å². The third-order valence-corrected chi connectivity index (χ3v) is 9.11. The van der Waals surface area contributed by atoms with E-state index in [9.17, 15) is 19.2 Å². The molecule has 1 saturated heterocycles. The molecule has 2 aromatic rings. The minimum atomic E-state index is -0.683. The van der Waals surface area contributed by atoms with E-state index in [1.54, 1.807) is 23.9 Å². The number of amides is 4. The van der Waals surface area contributed by atoms with Crippen LogP contribution < -0.4 is 16.0 Å². The zero-order valence-corrected chi connectivity index (χ0v) is 26.7. The lowest BCUT2D eigenvalue weighted by atomic mass is 9.90. The van der Waals surface area contributed by atoms with Crippen molar-refractivity contribution in [2.75, 3.05) is 38.5 Å². The number of hydrogen-bond acceptors (Lipinski definition) is 6. The minimum Gasteiger partial charge on any atom is -0.344 e. The van der Waals surface area contributed by atoms with Crippen molar-refractivity contribution in [1.29, 1.82) is 0 Å². The molecule has 11 nitrogen and oxygen atoms in total. The molecular weight excluding hydrogens is 558 g/mol. The maximum Gasteiger partial charge on any atom is 0.270 e. The van der Waals surface area contributed by atoms with Gasteiger partial charge in [-0.1, -0.05) is 51.7 Å². The van der Waals surface area contributed by atoms with E-state index < -0.39 is 12.1 Å². The van der Waals surface area contributed by atoms with Gasteiger partial charge in [0.05, 0.1) is 0 Å². The first-order valence-electron chi connectivity index (χ1n) is 16.2. The highest BCUT2D eigenvalue weighted by Gasteiger charge is 2.34. The summed E-state index contributed by atoms with van der Waals surface area (Å²) in [5.74, 6) is -1.01. The zero-order chi connectivity index (χ0) is 31.6. The van der Waals surface area contributed by atoms with Crippen LogP contribution in [0.5, 0.6) is 0 Å². The van der Waals surface area contributed by atoms with E-state index >= 15 is 0 Å². The van der Waals surface area contributed by atoms with Crippen LogP contribution in [0.25, 0.3) is 0 Å². The Morgan fingerprint density at radius 3 is 2.18 bits per heavy atom. The first-order chi connectivity index (χ1) is 21.2. The highest BCUT2D eigenvalue weighted by atomic mass is 16.2. The Labute approximate surface area is 261 Å². The van der Waals surface area contributed by atoms with E-state index in [4.69, 9.17) is 0 Å². The molecule has 3 atom stereocenters. The van der Waals surface area contributed by atoms with Gasteiger partial charge in [0, 0.05) is 56.9 Å². The number of benzene rings is 1. The van der Waals surface area contributed by atoms with Gasteiger partial charge in [-0.15, -0.1) is 0 Å². The molecule has 1 aliphatic heterocycles. The fourth-order valence-electron chi connectivity index (χ4n) is 6.22. The van der Waals surface area contributed by atoms with Gasteiger partial charge in [-0.3, -0.25) is 23.9 Å². The second-order valence-electron chi connectivity index (χ2n) is 12.2. The second kappa shape index (κ2) is 15.8. The largest absolute Gasteiger partial charge is 0.344 e. The standard InChI is InChI=1S/C33H49N7O4/c1-5-28(41)36-29(33(44)39-21-19-38(4)20-22-39)23(3)24-13-15-26(16-14-24)35-32(43)30(25-11-9-7-8-10-12-25)37-31(42)27-17-18-34-40(27)6-2/h13-18,23,25,29-30H,5-12,19-22H2,1-4H3,(H,35,43)(H,36,41)(H,37,42)/t23-,29+,30-/m0/s1. The summed E-state index contributed by atoms with van der Waals surface area (Å²) in [7, 11) is 2.04. The third-order valence-electron chi connectivity index (χ3n) is 9.11. The Morgan fingerprint density at radius 2 is 1.57 bits per heavy atom. The molecule has 2 aliphatic rings. The van der Waals surface area contributed by atoms with Crippen LogP contribution in [0.4, 0.5) is 5.69 Å². The number of piperazine rings is 1. The van der Waals surface area contributed by atoms with Crippen molar-refractivity contribution in [3.05, 3.63) is 47.8 Å². The number of aromatic nitrogens is 2. The molecule has 0 bridgehead atoms. The molecule has 44 heavy (non-hydrogen) atoms. The molecule has 1 aliphatic carbocycles. The Kier molecular flexibility index (Phi) is 11.9. The van der Waals surface area contributed by atoms with E-state index in [-0.39, 0.29) is 35.5 Å². The fourth-order valence-corrected chi connectivity index (χ4v) is 6.22. The van der Waals surface area contributed by atoms with E-state index in [2.05, 4.69) is 25.9 Å². The first-order valence-corrected chi connectivity index (χ1v) is 16.2. The van der Waals surface area contributed by atoms with E-state index in [1.807, 2.05) is 50.1 Å². The highest BCUT2D eigenvalue weighted by molar-refractivity contribution is 6.00. The molecule has 2 heterocycles. The maximum atomic E-state index is 13.7. The molecule has 0 unspecified atom stereocenters. The fraction of sp³-hybridized carbons (Fsp3) is 0.606. The molecule has 4 rings (SSSR count). The predicted molar refractivity (Wildman–Crippen MR) is 170 cm³/mol. The van der Waals surface area contributed by atoms with Crippen molar-refractivity contribution in [3.63, 3.8) is 0 Å². The summed E-state index contributed by atoms with van der Waals surface area (Å²) in [6.45, 7) is 9.06. The molecule has 1 saturated carbocycles. The maximum absolute atomic E-state index is 13.7. The predicted octanol–water partition coefficient (Wildman–Crippen LogP) is 3.38. The summed E-state index contributed by atoms with van der Waals surface area (Å²) in [5, 5.41) is 13.2. The molecule has 240 valence electrons.